The van der Waals surface area contributed by atoms with Gasteiger partial charge in [0.1, 0.15) is 4.88 Å². The number of aryl methyl sites for hydroxylation is 1. The number of aromatic nitrogens is 1. The highest BCUT2D eigenvalue weighted by Gasteiger charge is 2.11. The minimum atomic E-state index is -0.0351. The third-order valence-electron chi connectivity index (χ3n) is 2.01. The summed E-state index contributed by atoms with van der Waals surface area (Å²) in [6.45, 7) is 4.49. The molecule has 0 bridgehead atoms. The number of hydrogen-bond donors (Lipinski definition) is 2. The van der Waals surface area contributed by atoms with E-state index < -0.39 is 0 Å². The van der Waals surface area contributed by atoms with Crippen LogP contribution in [0.15, 0.2) is 5.51 Å². The second-order valence-corrected chi connectivity index (χ2v) is 4.02. The van der Waals surface area contributed by atoms with E-state index in [0.29, 0.717) is 11.4 Å². The van der Waals surface area contributed by atoms with Crippen molar-refractivity contribution in [2.75, 3.05) is 13.6 Å². The molecule has 0 aromatic carbocycles. The number of nitrogens with one attached hydrogen (secondary N) is 2. The highest BCUT2D eigenvalue weighted by atomic mass is 32.1. The third kappa shape index (κ3) is 2.78. The quantitative estimate of drug-likeness (QED) is 0.777. The first kappa shape index (κ1) is 11.1. The van der Waals surface area contributed by atoms with Crippen LogP contribution in [-0.4, -0.2) is 30.5 Å². The second-order valence-electron chi connectivity index (χ2n) is 3.17. The van der Waals surface area contributed by atoms with Crippen LogP contribution in [0.25, 0.3) is 0 Å². The lowest BCUT2D eigenvalue weighted by molar-refractivity contribution is 0.0954. The molecule has 2 N–H and O–H groups in total. The number of amides is 1. The highest BCUT2D eigenvalue weighted by molar-refractivity contribution is 7.11. The summed E-state index contributed by atoms with van der Waals surface area (Å²) >= 11 is 1.37. The molecule has 1 atom stereocenters. The van der Waals surface area contributed by atoms with E-state index in [1.165, 1.54) is 11.3 Å². The molecule has 1 aromatic rings. The predicted octanol–water partition coefficient (Wildman–Crippen LogP) is 0.789. The number of likely N-dealkylation sites (N-methyl/N-ethyl adjacent to an activating group) is 1. The molecule has 0 radical (unpaired) electrons. The number of thiazole rings is 1. The predicted molar refractivity (Wildman–Crippen MR) is 57.7 cm³/mol. The fraction of sp³-hybridized carbons (Fsp3) is 0.556. The van der Waals surface area contributed by atoms with Gasteiger partial charge < -0.3 is 10.6 Å². The van der Waals surface area contributed by atoms with Gasteiger partial charge in [-0.05, 0) is 20.9 Å². The molecule has 0 saturated carbocycles. The van der Waals surface area contributed by atoms with Gasteiger partial charge in [-0.3, -0.25) is 4.79 Å². The summed E-state index contributed by atoms with van der Waals surface area (Å²) in [4.78, 5) is 16.3. The summed E-state index contributed by atoms with van der Waals surface area (Å²) in [5.74, 6) is -0.0351. The van der Waals surface area contributed by atoms with Crippen LogP contribution >= 0.6 is 11.3 Å². The number of rotatable bonds is 4. The van der Waals surface area contributed by atoms with E-state index >= 15 is 0 Å². The maximum absolute atomic E-state index is 11.6. The van der Waals surface area contributed by atoms with Gasteiger partial charge >= 0.3 is 0 Å². The molecular formula is C9H15N3OS. The summed E-state index contributed by atoms with van der Waals surface area (Å²) in [5.41, 5.74) is 2.48. The molecule has 14 heavy (non-hydrogen) atoms. The Morgan fingerprint density at radius 1 is 1.71 bits per heavy atom. The van der Waals surface area contributed by atoms with Crippen molar-refractivity contribution < 1.29 is 4.79 Å². The van der Waals surface area contributed by atoms with Crippen molar-refractivity contribution in [3.05, 3.63) is 16.1 Å². The monoisotopic (exact) mass is 213 g/mol. The molecule has 1 aromatic heterocycles. The van der Waals surface area contributed by atoms with E-state index in [1.54, 1.807) is 5.51 Å². The van der Waals surface area contributed by atoms with Crippen molar-refractivity contribution in [2.45, 2.75) is 19.9 Å². The summed E-state index contributed by atoms with van der Waals surface area (Å²) in [5, 5.41) is 5.90. The van der Waals surface area contributed by atoms with E-state index in [9.17, 15) is 4.79 Å². The molecular weight excluding hydrogens is 198 g/mol. The fourth-order valence-electron chi connectivity index (χ4n) is 0.948. The van der Waals surface area contributed by atoms with Crippen molar-refractivity contribution in [3.63, 3.8) is 0 Å². The van der Waals surface area contributed by atoms with Gasteiger partial charge in [0.2, 0.25) is 0 Å². The van der Waals surface area contributed by atoms with Crippen LogP contribution in [0, 0.1) is 6.92 Å². The lowest BCUT2D eigenvalue weighted by Crippen LogP contribution is -2.37. The average molecular weight is 213 g/mol. The Kier molecular flexibility index (Phi) is 4.03. The SMILES string of the molecule is CNC(C)CNC(=O)c1scnc1C. The lowest BCUT2D eigenvalue weighted by atomic mass is 10.3. The molecule has 1 unspecified atom stereocenters. The first-order chi connectivity index (χ1) is 6.65. The molecule has 0 spiro atoms. The number of carbonyl (C=O) groups excluding carboxylic acids is 1. The van der Waals surface area contributed by atoms with E-state index in [0.717, 1.165) is 5.69 Å². The standard InChI is InChI=1S/C9H15N3OS/c1-6(10-3)4-11-9(13)8-7(2)12-5-14-8/h5-6,10H,4H2,1-3H3,(H,11,13). The first-order valence-electron chi connectivity index (χ1n) is 4.50. The molecule has 1 amide bonds. The summed E-state index contributed by atoms with van der Waals surface area (Å²) in [6, 6.07) is 0.284. The average Bonchev–Trinajstić information content (AvgIpc) is 2.60. The van der Waals surface area contributed by atoms with Crippen molar-refractivity contribution in [1.29, 1.82) is 0 Å². The fourth-order valence-corrected chi connectivity index (χ4v) is 1.67. The Morgan fingerprint density at radius 3 is 2.93 bits per heavy atom. The Labute approximate surface area is 87.7 Å². The van der Waals surface area contributed by atoms with Gasteiger partial charge in [-0.1, -0.05) is 0 Å². The van der Waals surface area contributed by atoms with Crippen molar-refractivity contribution in [1.82, 2.24) is 15.6 Å². The maximum atomic E-state index is 11.6. The van der Waals surface area contributed by atoms with Crippen molar-refractivity contribution in [3.8, 4) is 0 Å². The van der Waals surface area contributed by atoms with Gasteiger partial charge in [-0.25, -0.2) is 4.98 Å². The van der Waals surface area contributed by atoms with Gasteiger partial charge in [0.15, 0.2) is 0 Å². The van der Waals surface area contributed by atoms with Gasteiger partial charge in [0.25, 0.3) is 5.91 Å². The van der Waals surface area contributed by atoms with Crippen LogP contribution in [0.5, 0.6) is 0 Å². The topological polar surface area (TPSA) is 54.0 Å². The second kappa shape index (κ2) is 5.07. The van der Waals surface area contributed by atoms with Crippen LogP contribution in [0.2, 0.25) is 0 Å². The molecule has 0 aliphatic rings. The van der Waals surface area contributed by atoms with Crippen LogP contribution in [0.1, 0.15) is 22.3 Å². The molecule has 5 heteroatoms. The zero-order valence-corrected chi connectivity index (χ0v) is 9.44. The zero-order chi connectivity index (χ0) is 10.6. The van der Waals surface area contributed by atoms with E-state index in [-0.39, 0.29) is 11.9 Å². The molecule has 0 fully saturated rings. The van der Waals surface area contributed by atoms with Crippen molar-refractivity contribution in [2.24, 2.45) is 0 Å². The van der Waals surface area contributed by atoms with Crippen LogP contribution in [-0.2, 0) is 0 Å². The van der Waals surface area contributed by atoms with Crippen molar-refractivity contribution >= 4 is 17.2 Å². The van der Waals surface area contributed by atoms with Crippen LogP contribution in [0.4, 0.5) is 0 Å². The molecule has 4 nitrogen and oxygen atoms in total. The minimum absolute atomic E-state index is 0.0351. The van der Waals surface area contributed by atoms with E-state index in [4.69, 9.17) is 0 Å². The molecule has 0 aliphatic heterocycles. The maximum Gasteiger partial charge on any atom is 0.263 e. The molecule has 0 aliphatic carbocycles. The smallest absolute Gasteiger partial charge is 0.263 e. The zero-order valence-electron chi connectivity index (χ0n) is 8.63. The van der Waals surface area contributed by atoms with E-state index in [2.05, 4.69) is 15.6 Å². The Morgan fingerprint density at radius 2 is 2.43 bits per heavy atom. The third-order valence-corrected chi connectivity index (χ3v) is 2.94. The van der Waals surface area contributed by atoms with Gasteiger partial charge in [0, 0.05) is 12.6 Å². The summed E-state index contributed by atoms with van der Waals surface area (Å²) < 4.78 is 0. The number of carbonyl (C=O) groups is 1. The van der Waals surface area contributed by atoms with Crippen LogP contribution in [0.3, 0.4) is 0 Å². The molecule has 1 rings (SSSR count). The Bertz CT molecular complexity index is 311. The first-order valence-corrected chi connectivity index (χ1v) is 5.38. The van der Waals surface area contributed by atoms with Gasteiger partial charge in [-0.15, -0.1) is 11.3 Å². The molecule has 0 saturated heterocycles. The van der Waals surface area contributed by atoms with Gasteiger partial charge in [-0.2, -0.15) is 0 Å². The Hall–Kier alpha value is -0.940. The largest absolute Gasteiger partial charge is 0.350 e. The summed E-state index contributed by atoms with van der Waals surface area (Å²) in [7, 11) is 1.87. The van der Waals surface area contributed by atoms with Gasteiger partial charge in [0.05, 0.1) is 11.2 Å². The Balaban J connectivity index is 2.47. The normalized spacial score (nSPS) is 12.5. The lowest BCUT2D eigenvalue weighted by Gasteiger charge is -2.10. The van der Waals surface area contributed by atoms with Crippen LogP contribution < -0.4 is 10.6 Å². The number of nitrogens with zero attached hydrogens (tertiary/aromatic N) is 1. The number of hydrogen-bond acceptors (Lipinski definition) is 4. The minimum Gasteiger partial charge on any atom is -0.350 e. The summed E-state index contributed by atoms with van der Waals surface area (Å²) in [6.07, 6.45) is 0. The molecule has 1 heterocycles. The van der Waals surface area contributed by atoms with E-state index in [1.807, 2.05) is 20.9 Å². The molecule has 78 valence electrons. The highest BCUT2D eigenvalue weighted by Crippen LogP contribution is 2.11.